The molecule has 1 aliphatic heterocycles. The maximum absolute atomic E-state index is 13.8. The number of amides is 4. The van der Waals surface area contributed by atoms with Crippen LogP contribution < -0.4 is 15.4 Å². The van der Waals surface area contributed by atoms with Crippen molar-refractivity contribution < 1.29 is 37.4 Å². The Hall–Kier alpha value is -5.04. The fraction of sp³-hybridized carbons (Fsp3) is 0.343. The van der Waals surface area contributed by atoms with Crippen LogP contribution in [0.2, 0.25) is 0 Å². The molecule has 5 rings (SSSR count). The van der Waals surface area contributed by atoms with Crippen molar-refractivity contribution >= 4 is 40.1 Å². The normalized spacial score (nSPS) is 17.2. The summed E-state index contributed by atoms with van der Waals surface area (Å²) in [5.41, 5.74) is 1.82. The second kappa shape index (κ2) is 14.0. The van der Waals surface area contributed by atoms with E-state index in [2.05, 4.69) is 10.6 Å². The molecule has 1 aliphatic rings. The molecule has 3 aromatic carbocycles. The van der Waals surface area contributed by atoms with Gasteiger partial charge in [0, 0.05) is 55.0 Å². The average Bonchev–Trinajstić information content (AvgIpc) is 3.36. The number of rotatable bonds is 8. The first kappa shape index (κ1) is 34.3. The van der Waals surface area contributed by atoms with Crippen LogP contribution in [0.15, 0.2) is 72.9 Å². The molecule has 10 nitrogen and oxygen atoms in total. The van der Waals surface area contributed by atoms with Crippen LogP contribution in [0.4, 0.5) is 29.3 Å². The first-order valence-electron chi connectivity index (χ1n) is 15.5. The molecule has 0 saturated heterocycles. The Labute approximate surface area is 276 Å². The van der Waals surface area contributed by atoms with Crippen molar-refractivity contribution in [1.82, 2.24) is 14.4 Å². The molecule has 254 valence electrons. The molecule has 0 fully saturated rings. The third-order valence-electron chi connectivity index (χ3n) is 8.54. The minimum atomic E-state index is -4.49. The van der Waals surface area contributed by atoms with Gasteiger partial charge in [-0.25, -0.2) is 4.79 Å². The summed E-state index contributed by atoms with van der Waals surface area (Å²) in [7, 11) is 3.45. The summed E-state index contributed by atoms with van der Waals surface area (Å²) in [5.74, 6) is -0.693. The first-order chi connectivity index (χ1) is 22.7. The highest BCUT2D eigenvalue weighted by Gasteiger charge is 2.34. The molecule has 0 bridgehead atoms. The number of aliphatic hydroxyl groups excluding tert-OH is 1. The lowest BCUT2D eigenvalue weighted by molar-refractivity contribution is -0.137. The molecule has 4 aromatic rings. The summed E-state index contributed by atoms with van der Waals surface area (Å²) in [6.07, 6.45) is -3.07. The quantitative estimate of drug-likeness (QED) is 0.221. The zero-order chi connectivity index (χ0) is 34.7. The Bertz CT molecular complexity index is 1810. The third kappa shape index (κ3) is 7.57. The molecule has 48 heavy (non-hydrogen) atoms. The first-order valence-corrected chi connectivity index (χ1v) is 15.5. The number of nitrogens with one attached hydrogen (secondary N) is 2. The van der Waals surface area contributed by atoms with E-state index in [9.17, 15) is 32.7 Å². The van der Waals surface area contributed by atoms with Gasteiger partial charge in [-0.2, -0.15) is 13.2 Å². The number of fused-ring (bicyclic) bond motifs is 2. The van der Waals surface area contributed by atoms with Gasteiger partial charge in [0.25, 0.3) is 5.91 Å². The van der Waals surface area contributed by atoms with E-state index in [1.807, 2.05) is 49.0 Å². The average molecular weight is 666 g/mol. The third-order valence-corrected chi connectivity index (χ3v) is 8.54. The molecule has 0 radical (unpaired) electrons. The lowest BCUT2D eigenvalue weighted by Crippen LogP contribution is -2.50. The Morgan fingerprint density at radius 1 is 1.06 bits per heavy atom. The number of hydrogen-bond donors (Lipinski definition) is 3. The van der Waals surface area contributed by atoms with Gasteiger partial charge in [0.05, 0.1) is 36.7 Å². The summed E-state index contributed by atoms with van der Waals surface area (Å²) < 4.78 is 47.1. The molecule has 3 atom stereocenters. The monoisotopic (exact) mass is 665 g/mol. The highest BCUT2D eigenvalue weighted by Crippen LogP contribution is 2.32. The molecule has 0 saturated carbocycles. The number of aryl methyl sites for hydroxylation is 1. The lowest BCUT2D eigenvalue weighted by atomic mass is 9.99. The van der Waals surface area contributed by atoms with E-state index in [1.54, 1.807) is 30.0 Å². The number of aliphatic hydroxyl groups is 1. The van der Waals surface area contributed by atoms with Crippen molar-refractivity contribution in [2.45, 2.75) is 38.6 Å². The van der Waals surface area contributed by atoms with Gasteiger partial charge in [0.1, 0.15) is 11.9 Å². The summed E-state index contributed by atoms with van der Waals surface area (Å²) in [4.78, 5) is 42.8. The van der Waals surface area contributed by atoms with Crippen molar-refractivity contribution in [2.24, 2.45) is 13.0 Å². The van der Waals surface area contributed by atoms with Crippen LogP contribution in [0.3, 0.4) is 0 Å². The van der Waals surface area contributed by atoms with Crippen LogP contribution in [0, 0.1) is 5.92 Å². The number of likely N-dealkylation sites (N-methyl/N-ethyl adjacent to an activating group) is 1. The van der Waals surface area contributed by atoms with Crippen LogP contribution >= 0.6 is 0 Å². The van der Waals surface area contributed by atoms with E-state index in [1.165, 1.54) is 24.1 Å². The van der Waals surface area contributed by atoms with E-state index in [0.29, 0.717) is 5.69 Å². The molecule has 1 aromatic heterocycles. The number of aromatic nitrogens is 1. The van der Waals surface area contributed by atoms with Crippen LogP contribution in [0.5, 0.6) is 5.75 Å². The summed E-state index contributed by atoms with van der Waals surface area (Å²) in [6, 6.07) is 15.6. The topological polar surface area (TPSA) is 116 Å². The van der Waals surface area contributed by atoms with E-state index in [4.69, 9.17) is 4.74 Å². The fourth-order valence-corrected chi connectivity index (χ4v) is 5.78. The minimum absolute atomic E-state index is 0.0755. The number of urea groups is 1. The molecule has 0 spiro atoms. The fourth-order valence-electron chi connectivity index (χ4n) is 5.78. The van der Waals surface area contributed by atoms with E-state index in [-0.39, 0.29) is 60.8 Å². The minimum Gasteiger partial charge on any atom is -0.487 e. The van der Waals surface area contributed by atoms with Gasteiger partial charge < -0.3 is 34.8 Å². The number of halogens is 3. The summed E-state index contributed by atoms with van der Waals surface area (Å²) in [5, 5.41) is 16.4. The van der Waals surface area contributed by atoms with Gasteiger partial charge in [-0.15, -0.1) is 0 Å². The zero-order valence-electron chi connectivity index (χ0n) is 27.0. The number of alkyl halides is 3. The molecule has 13 heteroatoms. The molecule has 3 N–H and O–H groups in total. The highest BCUT2D eigenvalue weighted by atomic mass is 19.4. The predicted octanol–water partition coefficient (Wildman–Crippen LogP) is 5.76. The molecule has 4 amide bonds. The molecular weight excluding hydrogens is 627 g/mol. The summed E-state index contributed by atoms with van der Waals surface area (Å²) in [6.45, 7) is 3.59. The van der Waals surface area contributed by atoms with Crippen LogP contribution in [-0.4, -0.2) is 76.2 Å². The van der Waals surface area contributed by atoms with Gasteiger partial charge in [-0.05, 0) is 61.0 Å². The van der Waals surface area contributed by atoms with Crippen molar-refractivity contribution in [3.8, 4) is 5.75 Å². The smallest absolute Gasteiger partial charge is 0.416 e. The van der Waals surface area contributed by atoms with Gasteiger partial charge in [-0.3, -0.25) is 9.59 Å². The van der Waals surface area contributed by atoms with Gasteiger partial charge in [0.15, 0.2) is 0 Å². The number of hydrogen-bond acceptors (Lipinski definition) is 5. The number of carbonyl (C=O) groups is 3. The summed E-state index contributed by atoms with van der Waals surface area (Å²) >= 11 is 0. The van der Waals surface area contributed by atoms with E-state index < -0.39 is 29.9 Å². The van der Waals surface area contributed by atoms with Crippen molar-refractivity contribution in [1.29, 1.82) is 0 Å². The number of para-hydroxylation sites is 1. The van der Waals surface area contributed by atoms with Crippen LogP contribution in [-0.2, 0) is 24.4 Å². The maximum Gasteiger partial charge on any atom is 0.416 e. The highest BCUT2D eigenvalue weighted by molar-refractivity contribution is 6.01. The van der Waals surface area contributed by atoms with Gasteiger partial charge in [-0.1, -0.05) is 25.1 Å². The number of anilines is 2. The SMILES string of the molecule is C[C@@H]1CN([C@H](C)CO)C(=O)c2cc(NC(=O)Cc3cn(C)c4ccccc34)ccc2O[C@@H]1CN(C)C(=O)Nc1ccc(C(F)(F)F)cc1. The molecule has 2 heterocycles. The molecular formula is C35H38F3N5O5. The second-order valence-corrected chi connectivity index (χ2v) is 12.2. The van der Waals surface area contributed by atoms with Crippen LogP contribution in [0.1, 0.15) is 35.3 Å². The van der Waals surface area contributed by atoms with Crippen molar-refractivity contribution in [2.75, 3.05) is 37.4 Å². The Kier molecular flexibility index (Phi) is 9.99. The largest absolute Gasteiger partial charge is 0.487 e. The van der Waals surface area contributed by atoms with Crippen molar-refractivity contribution in [3.05, 3.63) is 89.6 Å². The van der Waals surface area contributed by atoms with Gasteiger partial charge >= 0.3 is 12.2 Å². The van der Waals surface area contributed by atoms with E-state index in [0.717, 1.165) is 28.6 Å². The number of ether oxygens (including phenoxy) is 1. The number of carbonyl (C=O) groups excluding carboxylic acids is 3. The number of nitrogens with zero attached hydrogens (tertiary/aromatic N) is 3. The Morgan fingerprint density at radius 3 is 2.44 bits per heavy atom. The van der Waals surface area contributed by atoms with Crippen LogP contribution in [0.25, 0.3) is 10.9 Å². The maximum atomic E-state index is 13.8. The van der Waals surface area contributed by atoms with Gasteiger partial charge in [0.2, 0.25) is 5.91 Å². The predicted molar refractivity (Wildman–Crippen MR) is 176 cm³/mol. The molecule has 0 unspecified atom stereocenters. The molecule has 0 aliphatic carbocycles. The second-order valence-electron chi connectivity index (χ2n) is 12.2. The van der Waals surface area contributed by atoms with E-state index >= 15 is 0 Å². The zero-order valence-corrected chi connectivity index (χ0v) is 27.0. The van der Waals surface area contributed by atoms with Crippen molar-refractivity contribution in [3.63, 3.8) is 0 Å². The number of benzene rings is 3. The standard InChI is InChI=1S/C35H38F3N5O5/c1-21-17-43(22(2)20-44)33(46)28-16-26(39-32(45)15-23-18-41(3)29-8-6-5-7-27(23)29)13-14-30(28)48-31(21)19-42(4)34(47)40-25-11-9-24(10-12-25)35(36,37)38/h5-14,16,18,21-22,31,44H,15,17,19-20H2,1-4H3,(H,39,45)(H,40,47)/t21-,22-,31-/m1/s1. The Morgan fingerprint density at radius 2 is 1.75 bits per heavy atom. The Balaban J connectivity index is 1.34. The lowest BCUT2D eigenvalue weighted by Gasteiger charge is -2.38.